The highest BCUT2D eigenvalue weighted by Crippen LogP contribution is 2.12. The maximum absolute atomic E-state index is 13.2. The van der Waals surface area contributed by atoms with Crippen molar-refractivity contribution in [2.45, 2.75) is 25.7 Å². The highest BCUT2D eigenvalue weighted by Gasteiger charge is 2.23. The molecular formula is C22H24F2N2O2. The van der Waals surface area contributed by atoms with E-state index in [1.165, 1.54) is 24.3 Å². The van der Waals surface area contributed by atoms with Gasteiger partial charge in [0.1, 0.15) is 11.6 Å². The third-order valence-corrected chi connectivity index (χ3v) is 5.04. The molecule has 0 saturated carbocycles. The van der Waals surface area contributed by atoms with Crippen molar-refractivity contribution in [3.05, 3.63) is 71.3 Å². The summed E-state index contributed by atoms with van der Waals surface area (Å²) in [5, 5.41) is 0. The van der Waals surface area contributed by atoms with E-state index in [0.717, 1.165) is 11.1 Å². The molecule has 1 heterocycles. The first-order chi connectivity index (χ1) is 13.5. The molecule has 6 heteroatoms. The number of benzene rings is 2. The van der Waals surface area contributed by atoms with E-state index in [9.17, 15) is 18.4 Å². The lowest BCUT2D eigenvalue weighted by Gasteiger charge is -2.35. The lowest BCUT2D eigenvalue weighted by molar-refractivity contribution is -0.139. The summed E-state index contributed by atoms with van der Waals surface area (Å²) in [4.78, 5) is 28.3. The van der Waals surface area contributed by atoms with Crippen LogP contribution in [0.15, 0.2) is 48.5 Å². The third kappa shape index (κ3) is 5.62. The summed E-state index contributed by atoms with van der Waals surface area (Å²) in [6, 6.07) is 12.5. The van der Waals surface area contributed by atoms with Crippen molar-refractivity contribution in [3.63, 3.8) is 0 Å². The van der Waals surface area contributed by atoms with Crippen LogP contribution in [0.1, 0.15) is 24.0 Å². The topological polar surface area (TPSA) is 40.6 Å². The Morgan fingerprint density at radius 1 is 0.714 bits per heavy atom. The molecule has 0 N–H and O–H groups in total. The Labute approximate surface area is 163 Å². The number of piperazine rings is 1. The van der Waals surface area contributed by atoms with Crippen LogP contribution < -0.4 is 0 Å². The summed E-state index contributed by atoms with van der Waals surface area (Å²) in [5.41, 5.74) is 1.74. The Kier molecular flexibility index (Phi) is 6.74. The highest BCUT2D eigenvalue weighted by molar-refractivity contribution is 5.78. The van der Waals surface area contributed by atoms with E-state index in [0.29, 0.717) is 51.9 Å². The minimum absolute atomic E-state index is 0.0303. The molecule has 0 bridgehead atoms. The van der Waals surface area contributed by atoms with Gasteiger partial charge in [-0.3, -0.25) is 9.59 Å². The molecular weight excluding hydrogens is 362 g/mol. The quantitative estimate of drug-likeness (QED) is 0.765. The van der Waals surface area contributed by atoms with Crippen LogP contribution in [0.25, 0.3) is 0 Å². The molecule has 0 unspecified atom stereocenters. The van der Waals surface area contributed by atoms with E-state index >= 15 is 0 Å². The fraction of sp³-hybridized carbons (Fsp3) is 0.364. The standard InChI is InChI=1S/C22H24F2N2O2/c23-19-8-4-17(5-9-19)6-10-21(27)25-12-14-26(15-13-25)22(28)11-7-18-2-1-3-20(24)16-18/h1-5,8-9,16H,6-7,10-15H2. The molecule has 2 aromatic rings. The molecule has 0 radical (unpaired) electrons. The first-order valence-electron chi connectivity index (χ1n) is 9.56. The molecule has 28 heavy (non-hydrogen) atoms. The van der Waals surface area contributed by atoms with Gasteiger partial charge in [0.25, 0.3) is 0 Å². The van der Waals surface area contributed by atoms with Gasteiger partial charge in [-0.1, -0.05) is 24.3 Å². The van der Waals surface area contributed by atoms with Crippen LogP contribution in [0, 0.1) is 11.6 Å². The lowest BCUT2D eigenvalue weighted by Crippen LogP contribution is -2.50. The molecule has 0 aromatic heterocycles. The zero-order chi connectivity index (χ0) is 19.9. The van der Waals surface area contributed by atoms with Crippen LogP contribution in [0.2, 0.25) is 0 Å². The van der Waals surface area contributed by atoms with E-state index in [2.05, 4.69) is 0 Å². The largest absolute Gasteiger partial charge is 0.339 e. The van der Waals surface area contributed by atoms with Gasteiger partial charge in [0.2, 0.25) is 11.8 Å². The third-order valence-electron chi connectivity index (χ3n) is 5.04. The number of amides is 2. The molecule has 4 nitrogen and oxygen atoms in total. The second kappa shape index (κ2) is 9.44. The van der Waals surface area contributed by atoms with Gasteiger partial charge in [-0.15, -0.1) is 0 Å². The van der Waals surface area contributed by atoms with E-state index in [-0.39, 0.29) is 23.4 Å². The Morgan fingerprint density at radius 3 is 1.79 bits per heavy atom. The van der Waals surface area contributed by atoms with Crippen molar-refractivity contribution in [1.29, 1.82) is 0 Å². The van der Waals surface area contributed by atoms with Crippen LogP contribution >= 0.6 is 0 Å². The fourth-order valence-electron chi connectivity index (χ4n) is 3.37. The van der Waals surface area contributed by atoms with Gasteiger partial charge in [-0.2, -0.15) is 0 Å². The van der Waals surface area contributed by atoms with E-state index < -0.39 is 0 Å². The predicted molar refractivity (Wildman–Crippen MR) is 103 cm³/mol. The van der Waals surface area contributed by atoms with Gasteiger partial charge < -0.3 is 9.80 Å². The first kappa shape index (κ1) is 20.0. The Bertz CT molecular complexity index is 816. The maximum atomic E-state index is 13.2. The molecule has 0 atom stereocenters. The highest BCUT2D eigenvalue weighted by atomic mass is 19.1. The van der Waals surface area contributed by atoms with E-state index in [1.54, 1.807) is 28.0 Å². The van der Waals surface area contributed by atoms with Gasteiger partial charge in [0, 0.05) is 39.0 Å². The van der Waals surface area contributed by atoms with Crippen molar-refractivity contribution in [2.75, 3.05) is 26.2 Å². The summed E-state index contributed by atoms with van der Waals surface area (Å²) in [7, 11) is 0. The van der Waals surface area contributed by atoms with Crippen LogP contribution in [0.4, 0.5) is 8.78 Å². The Hall–Kier alpha value is -2.76. The van der Waals surface area contributed by atoms with E-state index in [1.807, 2.05) is 6.07 Å². The molecule has 2 amide bonds. The van der Waals surface area contributed by atoms with Gasteiger partial charge in [-0.05, 0) is 48.2 Å². The maximum Gasteiger partial charge on any atom is 0.223 e. The number of nitrogens with zero attached hydrogens (tertiary/aromatic N) is 2. The van der Waals surface area contributed by atoms with Gasteiger partial charge in [0.05, 0.1) is 0 Å². The minimum atomic E-state index is -0.294. The Balaban J connectivity index is 1.40. The smallest absolute Gasteiger partial charge is 0.223 e. The fourth-order valence-corrected chi connectivity index (χ4v) is 3.37. The van der Waals surface area contributed by atoms with Crippen LogP contribution in [0.3, 0.4) is 0 Å². The minimum Gasteiger partial charge on any atom is -0.339 e. The van der Waals surface area contributed by atoms with Crippen LogP contribution in [0.5, 0.6) is 0 Å². The van der Waals surface area contributed by atoms with Gasteiger partial charge >= 0.3 is 0 Å². The van der Waals surface area contributed by atoms with Crippen molar-refractivity contribution in [3.8, 4) is 0 Å². The number of aryl methyl sites for hydroxylation is 2. The summed E-state index contributed by atoms with van der Waals surface area (Å²) < 4.78 is 26.1. The van der Waals surface area contributed by atoms with Crippen molar-refractivity contribution in [2.24, 2.45) is 0 Å². The average molecular weight is 386 g/mol. The molecule has 0 aliphatic carbocycles. The predicted octanol–water partition coefficient (Wildman–Crippen LogP) is 3.20. The summed E-state index contributed by atoms with van der Waals surface area (Å²) in [5.74, 6) is -0.496. The molecule has 1 aliphatic heterocycles. The van der Waals surface area contributed by atoms with Crippen molar-refractivity contribution >= 4 is 11.8 Å². The molecule has 0 spiro atoms. The SMILES string of the molecule is O=C(CCc1ccc(F)cc1)N1CCN(C(=O)CCc2cccc(F)c2)CC1. The normalized spacial score (nSPS) is 14.2. The Morgan fingerprint density at radius 2 is 1.25 bits per heavy atom. The summed E-state index contributed by atoms with van der Waals surface area (Å²) in [6.45, 7) is 2.08. The number of rotatable bonds is 6. The van der Waals surface area contributed by atoms with Crippen LogP contribution in [-0.2, 0) is 22.4 Å². The molecule has 2 aromatic carbocycles. The number of hydrogen-bond acceptors (Lipinski definition) is 2. The second-order valence-electron chi connectivity index (χ2n) is 7.02. The molecule has 1 fully saturated rings. The zero-order valence-electron chi connectivity index (χ0n) is 15.7. The number of halogens is 2. The number of carbonyl (C=O) groups is 2. The summed E-state index contributed by atoms with van der Waals surface area (Å²) >= 11 is 0. The monoisotopic (exact) mass is 386 g/mol. The molecule has 148 valence electrons. The van der Waals surface area contributed by atoms with Crippen LogP contribution in [-0.4, -0.2) is 47.8 Å². The van der Waals surface area contributed by atoms with Crippen molar-refractivity contribution in [1.82, 2.24) is 9.80 Å². The summed E-state index contributed by atoms with van der Waals surface area (Å²) in [6.07, 6.45) is 1.79. The molecule has 1 saturated heterocycles. The average Bonchev–Trinajstić information content (AvgIpc) is 2.71. The second-order valence-corrected chi connectivity index (χ2v) is 7.02. The first-order valence-corrected chi connectivity index (χ1v) is 9.56. The van der Waals surface area contributed by atoms with Gasteiger partial charge in [-0.25, -0.2) is 8.78 Å². The number of carbonyl (C=O) groups excluding carboxylic acids is 2. The van der Waals surface area contributed by atoms with E-state index in [4.69, 9.17) is 0 Å². The lowest BCUT2D eigenvalue weighted by atomic mass is 10.1. The molecule has 1 aliphatic rings. The number of hydrogen-bond donors (Lipinski definition) is 0. The van der Waals surface area contributed by atoms with Crippen molar-refractivity contribution < 1.29 is 18.4 Å². The van der Waals surface area contributed by atoms with Gasteiger partial charge in [0.15, 0.2) is 0 Å². The zero-order valence-corrected chi connectivity index (χ0v) is 15.7. The molecule has 3 rings (SSSR count).